The van der Waals surface area contributed by atoms with E-state index < -0.39 is 0 Å². The van der Waals surface area contributed by atoms with Gasteiger partial charge in [-0.15, -0.1) is 22.7 Å². The molecule has 0 spiro atoms. The zero-order chi connectivity index (χ0) is 23.6. The first-order chi connectivity index (χ1) is 17.9. The molecule has 0 atom stereocenters. The molecule has 36 heavy (non-hydrogen) atoms. The number of benzene rings is 6. The Balaban J connectivity index is 1.60. The van der Waals surface area contributed by atoms with Crippen LogP contribution in [0.2, 0.25) is 0 Å². The Morgan fingerprint density at radius 2 is 0.889 bits per heavy atom. The van der Waals surface area contributed by atoms with E-state index in [4.69, 9.17) is 0 Å². The minimum atomic E-state index is 1.26. The molecule has 0 saturated heterocycles. The molecule has 0 saturated carbocycles. The van der Waals surface area contributed by atoms with Crippen LogP contribution in [0.5, 0.6) is 0 Å². The average Bonchev–Trinajstić information content (AvgIpc) is 3.48. The molecule has 8 rings (SSSR count). The average molecular weight is 493 g/mol. The first-order valence-electron chi connectivity index (χ1n) is 12.2. The maximum atomic E-state index is 2.33. The second-order valence-electron chi connectivity index (χ2n) is 9.25. The van der Waals surface area contributed by atoms with Crippen LogP contribution in [0.4, 0.5) is 0 Å². The molecule has 2 heterocycles. The van der Waals surface area contributed by atoms with Crippen molar-refractivity contribution < 1.29 is 0 Å². The minimum absolute atomic E-state index is 1.26. The summed E-state index contributed by atoms with van der Waals surface area (Å²) in [5.41, 5.74) is 5.24. The molecule has 2 heteroatoms. The Morgan fingerprint density at radius 3 is 1.58 bits per heavy atom. The van der Waals surface area contributed by atoms with Crippen LogP contribution >= 0.6 is 22.7 Å². The topological polar surface area (TPSA) is 0 Å². The third-order valence-electron chi connectivity index (χ3n) is 7.31. The van der Waals surface area contributed by atoms with E-state index in [0.717, 1.165) is 0 Å². The second-order valence-corrected chi connectivity index (χ2v) is 11.6. The molecule has 8 aromatic rings. The molecule has 0 aliphatic heterocycles. The number of rotatable bonds is 2. The molecule has 0 amide bonds. The van der Waals surface area contributed by atoms with Crippen LogP contribution < -0.4 is 0 Å². The summed E-state index contributed by atoms with van der Waals surface area (Å²) in [7, 11) is 0. The summed E-state index contributed by atoms with van der Waals surface area (Å²) in [6.07, 6.45) is 0. The molecule has 0 bridgehead atoms. The highest BCUT2D eigenvalue weighted by Crippen LogP contribution is 2.50. The van der Waals surface area contributed by atoms with Crippen LogP contribution in [0.15, 0.2) is 121 Å². The summed E-state index contributed by atoms with van der Waals surface area (Å²) in [6.45, 7) is 0. The fourth-order valence-corrected chi connectivity index (χ4v) is 8.47. The number of hydrogen-bond donors (Lipinski definition) is 0. The SMILES string of the molecule is c1ccc(-c2c3ccccc3c(-c3cccc4sc5sc6ccccc6c5c34)c3ccccc23)cc1. The third kappa shape index (κ3) is 2.80. The van der Waals surface area contributed by atoms with Gasteiger partial charge in [0.1, 0.15) is 0 Å². The molecule has 6 aromatic carbocycles. The van der Waals surface area contributed by atoms with Gasteiger partial charge >= 0.3 is 0 Å². The highest BCUT2D eigenvalue weighted by Gasteiger charge is 2.20. The molecule has 2 aromatic heterocycles. The van der Waals surface area contributed by atoms with E-state index >= 15 is 0 Å². The predicted molar refractivity (Wildman–Crippen MR) is 161 cm³/mol. The number of hydrogen-bond acceptors (Lipinski definition) is 2. The first kappa shape index (κ1) is 20.2. The van der Waals surface area contributed by atoms with E-state index in [-0.39, 0.29) is 0 Å². The fraction of sp³-hybridized carbons (Fsp3) is 0. The van der Waals surface area contributed by atoms with Gasteiger partial charge in [-0.25, -0.2) is 0 Å². The lowest BCUT2D eigenvalue weighted by molar-refractivity contribution is 1.67. The molecular formula is C34H20S2. The van der Waals surface area contributed by atoms with Crippen molar-refractivity contribution >= 4 is 73.8 Å². The molecular weight excluding hydrogens is 473 g/mol. The maximum Gasteiger partial charge on any atom is 0.0890 e. The van der Waals surface area contributed by atoms with Crippen molar-refractivity contribution in [3.63, 3.8) is 0 Å². The second kappa shape index (κ2) is 7.76. The zero-order valence-corrected chi connectivity index (χ0v) is 21.0. The summed E-state index contributed by atoms with van der Waals surface area (Å²) >= 11 is 3.84. The number of thiophene rings is 2. The van der Waals surface area contributed by atoms with Crippen LogP contribution in [0.3, 0.4) is 0 Å². The third-order valence-corrected chi connectivity index (χ3v) is 9.72. The summed E-state index contributed by atoms with van der Waals surface area (Å²) < 4.78 is 4.14. The van der Waals surface area contributed by atoms with Gasteiger partial charge in [-0.3, -0.25) is 0 Å². The van der Waals surface area contributed by atoms with E-state index in [1.54, 1.807) is 0 Å². The van der Waals surface area contributed by atoms with Gasteiger partial charge < -0.3 is 0 Å². The van der Waals surface area contributed by atoms with Crippen molar-refractivity contribution in [2.24, 2.45) is 0 Å². The lowest BCUT2D eigenvalue weighted by Gasteiger charge is -2.18. The molecule has 0 unspecified atom stereocenters. The maximum absolute atomic E-state index is 2.33. The van der Waals surface area contributed by atoms with Crippen molar-refractivity contribution in [1.82, 2.24) is 0 Å². The Kier molecular flexibility index (Phi) is 4.36. The Morgan fingerprint density at radius 1 is 0.361 bits per heavy atom. The van der Waals surface area contributed by atoms with Gasteiger partial charge in [0.05, 0.1) is 4.01 Å². The van der Waals surface area contributed by atoms with Crippen LogP contribution in [0.25, 0.3) is 73.4 Å². The van der Waals surface area contributed by atoms with Crippen LogP contribution in [-0.4, -0.2) is 0 Å². The summed E-state index contributed by atoms with van der Waals surface area (Å²) in [5.74, 6) is 0. The Bertz CT molecular complexity index is 2030. The normalized spacial score (nSPS) is 11.9. The monoisotopic (exact) mass is 492 g/mol. The van der Waals surface area contributed by atoms with Crippen molar-refractivity contribution in [2.75, 3.05) is 0 Å². The quantitative estimate of drug-likeness (QED) is 0.211. The van der Waals surface area contributed by atoms with Crippen LogP contribution in [0, 0.1) is 0 Å². The van der Waals surface area contributed by atoms with Crippen molar-refractivity contribution in [3.8, 4) is 22.3 Å². The fourth-order valence-electron chi connectivity index (χ4n) is 5.85. The van der Waals surface area contributed by atoms with E-state index in [1.165, 1.54) is 73.4 Å². The van der Waals surface area contributed by atoms with Crippen LogP contribution in [0.1, 0.15) is 0 Å². The molecule has 0 nitrogen and oxygen atoms in total. The molecule has 0 aliphatic rings. The molecule has 0 fully saturated rings. The largest absolute Gasteiger partial charge is 0.124 e. The highest BCUT2D eigenvalue weighted by molar-refractivity contribution is 7.44. The first-order valence-corrected chi connectivity index (χ1v) is 13.8. The van der Waals surface area contributed by atoms with E-state index in [1.807, 2.05) is 22.7 Å². The van der Waals surface area contributed by atoms with Gasteiger partial charge in [-0.2, -0.15) is 0 Å². The Labute approximate surface area is 216 Å². The number of fused-ring (bicyclic) bond motifs is 7. The molecule has 0 aliphatic carbocycles. The van der Waals surface area contributed by atoms with Gasteiger partial charge in [-0.05, 0) is 55.9 Å². The van der Waals surface area contributed by atoms with Gasteiger partial charge in [0.25, 0.3) is 0 Å². The van der Waals surface area contributed by atoms with E-state index in [9.17, 15) is 0 Å². The van der Waals surface area contributed by atoms with Crippen molar-refractivity contribution in [2.45, 2.75) is 0 Å². The van der Waals surface area contributed by atoms with Gasteiger partial charge in [0, 0.05) is 25.6 Å². The lowest BCUT2D eigenvalue weighted by atomic mass is 9.85. The standard InChI is InChI=1S/C34H20S2/c1-2-11-21(12-3-1)30-22-13-4-6-15-24(22)31(25-16-7-5-14-23(25)30)27-18-10-20-29-32(27)33-26-17-8-9-19-28(26)35-34(33)36-29/h1-20H. The van der Waals surface area contributed by atoms with Gasteiger partial charge in [0.15, 0.2) is 0 Å². The van der Waals surface area contributed by atoms with Crippen molar-refractivity contribution in [1.29, 1.82) is 0 Å². The smallest absolute Gasteiger partial charge is 0.0890 e. The summed E-state index contributed by atoms with van der Waals surface area (Å²) in [6, 6.07) is 44.4. The lowest BCUT2D eigenvalue weighted by Crippen LogP contribution is -1.91. The zero-order valence-electron chi connectivity index (χ0n) is 19.4. The van der Waals surface area contributed by atoms with Gasteiger partial charge in [0.2, 0.25) is 0 Å². The van der Waals surface area contributed by atoms with Gasteiger partial charge in [-0.1, -0.05) is 109 Å². The highest BCUT2D eigenvalue weighted by atomic mass is 32.2. The Hall–Kier alpha value is -3.98. The summed E-state index contributed by atoms with van der Waals surface area (Å²) in [5, 5.41) is 9.38. The predicted octanol–water partition coefficient (Wildman–Crippen LogP) is 10.9. The van der Waals surface area contributed by atoms with Crippen LogP contribution in [-0.2, 0) is 0 Å². The minimum Gasteiger partial charge on any atom is -0.124 e. The molecule has 0 N–H and O–H groups in total. The molecule has 0 radical (unpaired) electrons. The van der Waals surface area contributed by atoms with Crippen molar-refractivity contribution in [3.05, 3.63) is 121 Å². The van der Waals surface area contributed by atoms with E-state index in [0.29, 0.717) is 0 Å². The molecule has 168 valence electrons. The summed E-state index contributed by atoms with van der Waals surface area (Å²) in [4.78, 5) is 0. The van der Waals surface area contributed by atoms with E-state index in [2.05, 4.69) is 121 Å².